The molecule has 1 saturated heterocycles. The van der Waals surface area contributed by atoms with Gasteiger partial charge in [-0.2, -0.15) is 0 Å². The number of morpholine rings is 1. The third kappa shape index (κ3) is 5.59. The highest BCUT2D eigenvalue weighted by molar-refractivity contribution is 5.98. The van der Waals surface area contributed by atoms with Crippen LogP contribution < -0.4 is 15.5 Å². The molecule has 166 valence electrons. The highest BCUT2D eigenvalue weighted by Crippen LogP contribution is 2.27. The summed E-state index contributed by atoms with van der Waals surface area (Å²) in [5, 5.41) is 15.7. The van der Waals surface area contributed by atoms with Gasteiger partial charge < -0.3 is 25.4 Å². The number of carbonyl (C=O) groups is 1. The molecule has 1 fully saturated rings. The number of anilines is 1. The third-order valence-corrected chi connectivity index (χ3v) is 5.20. The Morgan fingerprint density at radius 2 is 2.10 bits per heavy atom. The van der Waals surface area contributed by atoms with Gasteiger partial charge in [0.15, 0.2) is 0 Å². The van der Waals surface area contributed by atoms with Gasteiger partial charge in [-0.1, -0.05) is 12.7 Å². The van der Waals surface area contributed by atoms with Gasteiger partial charge in [0.1, 0.15) is 5.82 Å². The molecular weight excluding hydrogens is 394 g/mol. The van der Waals surface area contributed by atoms with Crippen LogP contribution in [0.5, 0.6) is 0 Å². The number of carbonyl (C=O) groups excluding carboxylic acids is 1. The second kappa shape index (κ2) is 10.4. The van der Waals surface area contributed by atoms with Gasteiger partial charge in [0.2, 0.25) is 0 Å². The summed E-state index contributed by atoms with van der Waals surface area (Å²) in [5.74, 6) is 0.538. The lowest BCUT2D eigenvalue weighted by molar-refractivity contribution is 0.0924. The number of fused-ring (bicyclic) bond motifs is 1. The number of benzene rings is 1. The largest absolute Gasteiger partial charge is 0.392 e. The van der Waals surface area contributed by atoms with E-state index in [0.717, 1.165) is 35.7 Å². The van der Waals surface area contributed by atoms with Gasteiger partial charge in [-0.05, 0) is 39.0 Å². The summed E-state index contributed by atoms with van der Waals surface area (Å²) in [6, 6.07) is 3.44. The van der Waals surface area contributed by atoms with Crippen LogP contribution in [0.15, 0.2) is 42.8 Å². The summed E-state index contributed by atoms with van der Waals surface area (Å²) in [7, 11) is 0. The van der Waals surface area contributed by atoms with E-state index in [4.69, 9.17) is 9.72 Å². The zero-order chi connectivity index (χ0) is 22.4. The van der Waals surface area contributed by atoms with Gasteiger partial charge in [-0.15, -0.1) is 0 Å². The van der Waals surface area contributed by atoms with E-state index in [1.807, 2.05) is 26.0 Å². The predicted molar refractivity (Wildman–Crippen MR) is 122 cm³/mol. The molecule has 0 radical (unpaired) electrons. The fourth-order valence-corrected chi connectivity index (χ4v) is 3.47. The van der Waals surface area contributed by atoms with Gasteiger partial charge in [-0.3, -0.25) is 9.78 Å². The van der Waals surface area contributed by atoms with Crippen LogP contribution in [0.1, 0.15) is 42.7 Å². The molecule has 8 nitrogen and oxygen atoms in total. The quantitative estimate of drug-likeness (QED) is 0.558. The van der Waals surface area contributed by atoms with Crippen LogP contribution in [0.2, 0.25) is 0 Å². The van der Waals surface area contributed by atoms with Crippen LogP contribution in [0, 0.1) is 0 Å². The van der Waals surface area contributed by atoms with Gasteiger partial charge in [0.05, 0.1) is 42.6 Å². The minimum absolute atomic E-state index is 0.134. The highest BCUT2D eigenvalue weighted by atomic mass is 16.5. The lowest BCUT2D eigenvalue weighted by Gasteiger charge is -2.28. The van der Waals surface area contributed by atoms with Crippen LogP contribution in [0.25, 0.3) is 11.0 Å². The number of hydrogen-bond donors (Lipinski definition) is 3. The molecule has 1 unspecified atom stereocenters. The molecule has 1 aliphatic rings. The van der Waals surface area contributed by atoms with Crippen molar-refractivity contribution >= 4 is 22.8 Å². The van der Waals surface area contributed by atoms with Gasteiger partial charge in [-0.25, -0.2) is 4.98 Å². The Kier molecular flexibility index (Phi) is 7.59. The summed E-state index contributed by atoms with van der Waals surface area (Å²) in [5.41, 5.74) is 3.62. The van der Waals surface area contributed by atoms with Gasteiger partial charge in [0.25, 0.3) is 5.91 Å². The number of rotatable bonds is 8. The summed E-state index contributed by atoms with van der Waals surface area (Å²) in [6.45, 7) is 12.5. The van der Waals surface area contributed by atoms with E-state index in [1.165, 1.54) is 0 Å². The fraction of sp³-hybridized carbons (Fsp3) is 0.435. The topological polar surface area (TPSA) is 99.6 Å². The van der Waals surface area contributed by atoms with E-state index in [-0.39, 0.29) is 18.5 Å². The normalized spacial score (nSPS) is 16.6. The maximum Gasteiger partial charge on any atom is 0.251 e. The molecule has 1 aromatic heterocycles. The van der Waals surface area contributed by atoms with Crippen LogP contribution >= 0.6 is 0 Å². The summed E-state index contributed by atoms with van der Waals surface area (Å²) < 4.78 is 5.44. The van der Waals surface area contributed by atoms with Crippen molar-refractivity contribution in [2.75, 3.05) is 37.7 Å². The van der Waals surface area contributed by atoms with Gasteiger partial charge in [0, 0.05) is 36.5 Å². The zero-order valence-corrected chi connectivity index (χ0v) is 18.4. The number of aliphatic hydroxyl groups is 1. The van der Waals surface area contributed by atoms with Crippen molar-refractivity contribution in [3.8, 4) is 0 Å². The molecule has 0 bridgehead atoms. The maximum atomic E-state index is 12.7. The second-order valence-corrected chi connectivity index (χ2v) is 7.63. The van der Waals surface area contributed by atoms with Crippen molar-refractivity contribution in [2.45, 2.75) is 32.9 Å². The van der Waals surface area contributed by atoms with Crippen LogP contribution in [0.4, 0.5) is 5.82 Å². The van der Waals surface area contributed by atoms with E-state index in [1.54, 1.807) is 25.3 Å². The van der Waals surface area contributed by atoms with E-state index >= 15 is 0 Å². The minimum atomic E-state index is -0.620. The van der Waals surface area contributed by atoms with Crippen molar-refractivity contribution in [2.24, 2.45) is 0 Å². The molecule has 31 heavy (non-hydrogen) atoms. The Labute approximate surface area is 183 Å². The van der Waals surface area contributed by atoms with Crippen LogP contribution in [-0.2, 0) is 4.74 Å². The predicted octanol–water partition coefficient (Wildman–Crippen LogP) is 2.32. The molecule has 2 aromatic rings. The first kappa shape index (κ1) is 22.7. The maximum absolute atomic E-state index is 12.7. The van der Waals surface area contributed by atoms with Crippen molar-refractivity contribution in [3.63, 3.8) is 0 Å². The van der Waals surface area contributed by atoms with E-state index in [0.29, 0.717) is 24.3 Å². The molecule has 1 aromatic carbocycles. The number of allylic oxidation sites excluding steroid dienone is 2. The summed E-state index contributed by atoms with van der Waals surface area (Å²) >= 11 is 0. The number of amides is 1. The number of aliphatic hydroxyl groups excluding tert-OH is 1. The zero-order valence-electron chi connectivity index (χ0n) is 18.4. The molecular formula is C23H31N5O3. The average molecular weight is 426 g/mol. The molecule has 3 rings (SSSR count). The molecule has 0 saturated carbocycles. The SMILES string of the molecule is C=C/C(=C\C)NC(C)c1cc(C(=O)NC[C@@H](C)O)cc2ncc(N3CCOCC3)nc12. The highest BCUT2D eigenvalue weighted by Gasteiger charge is 2.19. The Bertz CT molecular complexity index is 967. The van der Waals surface area contributed by atoms with Crippen LogP contribution in [0.3, 0.4) is 0 Å². The first-order valence-corrected chi connectivity index (χ1v) is 10.6. The average Bonchev–Trinajstić information content (AvgIpc) is 2.80. The standard InChI is InChI=1S/C23H31N5O3/c1-5-18(6-2)26-16(4)19-11-17(23(30)25-13-15(3)29)12-20-22(19)27-21(14-24-20)28-7-9-31-10-8-28/h5-6,11-12,14-16,26,29H,1,7-10,13H2,2-4H3,(H,25,30)/b18-6+/t15-,16?/m1/s1. The molecule has 0 aliphatic carbocycles. The number of nitrogens with one attached hydrogen (secondary N) is 2. The van der Waals surface area contributed by atoms with E-state index in [9.17, 15) is 9.90 Å². The molecule has 3 N–H and O–H groups in total. The lowest BCUT2D eigenvalue weighted by atomic mass is 10.0. The lowest BCUT2D eigenvalue weighted by Crippen LogP contribution is -2.36. The Balaban J connectivity index is 2.04. The monoisotopic (exact) mass is 425 g/mol. The van der Waals surface area contributed by atoms with Crippen molar-refractivity contribution in [3.05, 3.63) is 53.9 Å². The van der Waals surface area contributed by atoms with Crippen molar-refractivity contribution in [1.82, 2.24) is 20.6 Å². The smallest absolute Gasteiger partial charge is 0.251 e. The number of hydrogen-bond acceptors (Lipinski definition) is 7. The first-order chi connectivity index (χ1) is 14.9. The molecule has 0 spiro atoms. The minimum Gasteiger partial charge on any atom is -0.392 e. The number of nitrogens with zero attached hydrogens (tertiary/aromatic N) is 3. The molecule has 2 atom stereocenters. The molecule has 1 amide bonds. The Morgan fingerprint density at radius 1 is 1.35 bits per heavy atom. The van der Waals surface area contributed by atoms with E-state index < -0.39 is 6.10 Å². The summed E-state index contributed by atoms with van der Waals surface area (Å²) in [6.07, 6.45) is 4.82. The number of aromatic nitrogens is 2. The fourth-order valence-electron chi connectivity index (χ4n) is 3.47. The molecule has 1 aliphatic heterocycles. The first-order valence-electron chi connectivity index (χ1n) is 10.6. The van der Waals surface area contributed by atoms with Crippen LogP contribution in [-0.4, -0.2) is 59.9 Å². The van der Waals surface area contributed by atoms with Crippen molar-refractivity contribution in [1.29, 1.82) is 0 Å². The molecule has 2 heterocycles. The molecule has 8 heteroatoms. The third-order valence-electron chi connectivity index (χ3n) is 5.20. The number of ether oxygens (including phenoxy) is 1. The second-order valence-electron chi connectivity index (χ2n) is 7.63. The Hall–Kier alpha value is -2.97. The van der Waals surface area contributed by atoms with E-state index in [2.05, 4.69) is 27.1 Å². The summed E-state index contributed by atoms with van der Waals surface area (Å²) in [4.78, 5) is 24.4. The Morgan fingerprint density at radius 3 is 2.74 bits per heavy atom. The van der Waals surface area contributed by atoms with Gasteiger partial charge >= 0.3 is 0 Å². The van der Waals surface area contributed by atoms with Crippen molar-refractivity contribution < 1.29 is 14.6 Å².